The molecule has 0 saturated heterocycles. The molecule has 2 aromatic heterocycles. The van der Waals surface area contributed by atoms with Crippen molar-refractivity contribution in [3.8, 4) is 6.07 Å². The van der Waals surface area contributed by atoms with Gasteiger partial charge in [0.1, 0.15) is 0 Å². The van der Waals surface area contributed by atoms with Crippen molar-refractivity contribution >= 4 is 26.5 Å². The first-order valence-electron chi connectivity index (χ1n) is 6.02. The Balaban J connectivity index is 1.99. The van der Waals surface area contributed by atoms with E-state index in [0.29, 0.717) is 0 Å². The van der Waals surface area contributed by atoms with Gasteiger partial charge in [-0.2, -0.15) is 5.26 Å². The number of hydrogen-bond acceptors (Lipinski definition) is 3. The highest BCUT2D eigenvalue weighted by Crippen LogP contribution is 2.48. The van der Waals surface area contributed by atoms with Crippen molar-refractivity contribution in [3.63, 3.8) is 0 Å². The molecule has 0 radical (unpaired) electrons. The molecule has 1 aliphatic rings. The summed E-state index contributed by atoms with van der Waals surface area (Å²) in [6.45, 7) is 2.01. The number of nitriles is 1. The van der Waals surface area contributed by atoms with Gasteiger partial charge in [0.25, 0.3) is 0 Å². The zero-order chi connectivity index (χ0) is 12.3. The smallest absolute Gasteiger partial charge is 0.194 e. The SMILES string of the molecule is Cc1cn2c(n1)sc1cc(C3(C#N)CC3)ccc12. The van der Waals surface area contributed by atoms with Crippen LogP contribution >= 0.6 is 11.3 Å². The summed E-state index contributed by atoms with van der Waals surface area (Å²) in [6.07, 6.45) is 4.05. The molecule has 3 aromatic rings. The Hall–Kier alpha value is -1.86. The molecule has 4 rings (SSSR count). The lowest BCUT2D eigenvalue weighted by Crippen LogP contribution is -2.01. The predicted molar refractivity (Wildman–Crippen MR) is 71.8 cm³/mol. The van der Waals surface area contributed by atoms with Gasteiger partial charge in [-0.1, -0.05) is 17.4 Å². The number of nitrogens with zero attached hydrogens (tertiary/aromatic N) is 3. The molecule has 88 valence electrons. The van der Waals surface area contributed by atoms with Crippen LogP contribution in [0.4, 0.5) is 0 Å². The van der Waals surface area contributed by atoms with E-state index >= 15 is 0 Å². The summed E-state index contributed by atoms with van der Waals surface area (Å²) in [6, 6.07) is 8.83. The van der Waals surface area contributed by atoms with Crippen LogP contribution < -0.4 is 0 Å². The number of aryl methyl sites for hydroxylation is 1. The maximum absolute atomic E-state index is 9.25. The van der Waals surface area contributed by atoms with Crippen LogP contribution in [0.25, 0.3) is 15.2 Å². The van der Waals surface area contributed by atoms with Gasteiger partial charge < -0.3 is 0 Å². The van der Waals surface area contributed by atoms with Crippen molar-refractivity contribution in [1.29, 1.82) is 5.26 Å². The van der Waals surface area contributed by atoms with Gasteiger partial charge in [0.05, 0.1) is 27.4 Å². The third kappa shape index (κ3) is 1.20. The number of hydrogen-bond donors (Lipinski definition) is 0. The first-order valence-corrected chi connectivity index (χ1v) is 6.83. The second-order valence-corrected chi connectivity index (χ2v) is 6.02. The largest absolute Gasteiger partial charge is 0.290 e. The first-order chi connectivity index (χ1) is 8.72. The maximum Gasteiger partial charge on any atom is 0.194 e. The van der Waals surface area contributed by atoms with Gasteiger partial charge in [0.2, 0.25) is 0 Å². The third-order valence-electron chi connectivity index (χ3n) is 3.73. The van der Waals surface area contributed by atoms with E-state index in [9.17, 15) is 5.26 Å². The Bertz CT molecular complexity index is 815. The molecule has 2 heterocycles. The Labute approximate surface area is 108 Å². The van der Waals surface area contributed by atoms with Crippen LogP contribution in [-0.4, -0.2) is 9.38 Å². The summed E-state index contributed by atoms with van der Waals surface area (Å²) in [5.41, 5.74) is 3.20. The Morgan fingerprint density at radius 3 is 3.00 bits per heavy atom. The summed E-state index contributed by atoms with van der Waals surface area (Å²) in [5.74, 6) is 0. The summed E-state index contributed by atoms with van der Waals surface area (Å²) in [4.78, 5) is 5.52. The van der Waals surface area contributed by atoms with Gasteiger partial charge in [-0.05, 0) is 37.5 Å². The van der Waals surface area contributed by atoms with E-state index in [1.54, 1.807) is 11.3 Å². The normalized spacial score (nSPS) is 17.1. The molecule has 0 atom stereocenters. The van der Waals surface area contributed by atoms with E-state index < -0.39 is 0 Å². The monoisotopic (exact) mass is 253 g/mol. The number of rotatable bonds is 1. The van der Waals surface area contributed by atoms with E-state index in [2.05, 4.69) is 39.8 Å². The number of thiazole rings is 1. The van der Waals surface area contributed by atoms with Crippen LogP contribution in [-0.2, 0) is 5.41 Å². The van der Waals surface area contributed by atoms with Gasteiger partial charge in [-0.15, -0.1) is 0 Å². The zero-order valence-electron chi connectivity index (χ0n) is 9.97. The highest BCUT2D eigenvalue weighted by Gasteiger charge is 2.44. The number of imidazole rings is 1. The number of fused-ring (bicyclic) bond motifs is 3. The van der Waals surface area contributed by atoms with E-state index in [1.165, 1.54) is 15.8 Å². The molecule has 1 aromatic carbocycles. The molecule has 0 bridgehead atoms. The first kappa shape index (κ1) is 10.1. The van der Waals surface area contributed by atoms with Gasteiger partial charge in [-0.3, -0.25) is 4.40 Å². The predicted octanol–water partition coefficient (Wildman–Crippen LogP) is 3.41. The van der Waals surface area contributed by atoms with Crippen molar-refractivity contribution in [2.45, 2.75) is 25.2 Å². The minimum absolute atomic E-state index is 0.198. The molecule has 3 nitrogen and oxygen atoms in total. The molecule has 1 fully saturated rings. The molecular formula is C14H11N3S. The highest BCUT2D eigenvalue weighted by molar-refractivity contribution is 7.23. The minimum atomic E-state index is -0.198. The molecule has 0 amide bonds. The highest BCUT2D eigenvalue weighted by atomic mass is 32.1. The number of aromatic nitrogens is 2. The van der Waals surface area contributed by atoms with Gasteiger partial charge >= 0.3 is 0 Å². The standard InChI is InChI=1S/C14H11N3S/c1-9-7-17-11-3-2-10(14(8-15)4-5-14)6-12(11)18-13(17)16-9/h2-3,6-7H,4-5H2,1H3. The summed E-state index contributed by atoms with van der Waals surface area (Å²) >= 11 is 1.69. The van der Waals surface area contributed by atoms with Crippen molar-refractivity contribution in [1.82, 2.24) is 9.38 Å². The summed E-state index contributed by atoms with van der Waals surface area (Å²) in [5, 5.41) is 9.25. The Morgan fingerprint density at radius 2 is 2.28 bits per heavy atom. The summed E-state index contributed by atoms with van der Waals surface area (Å²) < 4.78 is 3.35. The van der Waals surface area contributed by atoms with E-state index in [1.807, 2.05) is 6.92 Å². The van der Waals surface area contributed by atoms with Crippen LogP contribution in [0.15, 0.2) is 24.4 Å². The number of benzene rings is 1. The molecule has 4 heteroatoms. The van der Waals surface area contributed by atoms with E-state index in [-0.39, 0.29) is 5.41 Å². The Kier molecular flexibility index (Phi) is 1.75. The van der Waals surface area contributed by atoms with E-state index in [4.69, 9.17) is 0 Å². The fourth-order valence-corrected chi connectivity index (χ4v) is 3.59. The fourth-order valence-electron chi connectivity index (χ4n) is 2.50. The molecule has 0 N–H and O–H groups in total. The molecule has 18 heavy (non-hydrogen) atoms. The second kappa shape index (κ2) is 3.12. The average Bonchev–Trinajstić information content (AvgIpc) is 2.99. The van der Waals surface area contributed by atoms with Crippen molar-refractivity contribution in [3.05, 3.63) is 35.7 Å². The summed E-state index contributed by atoms with van der Waals surface area (Å²) in [7, 11) is 0. The fraction of sp³-hybridized carbons (Fsp3) is 0.286. The van der Waals surface area contributed by atoms with Crippen LogP contribution in [0.5, 0.6) is 0 Å². The van der Waals surface area contributed by atoms with E-state index in [0.717, 1.165) is 23.5 Å². The lowest BCUT2D eigenvalue weighted by atomic mass is 9.98. The van der Waals surface area contributed by atoms with Crippen LogP contribution in [0.1, 0.15) is 24.1 Å². The molecule has 1 aliphatic carbocycles. The van der Waals surface area contributed by atoms with Crippen molar-refractivity contribution < 1.29 is 0 Å². The third-order valence-corrected chi connectivity index (χ3v) is 4.75. The minimum Gasteiger partial charge on any atom is -0.290 e. The molecule has 0 unspecified atom stereocenters. The zero-order valence-corrected chi connectivity index (χ0v) is 10.8. The topological polar surface area (TPSA) is 41.1 Å². The average molecular weight is 253 g/mol. The second-order valence-electron chi connectivity index (χ2n) is 5.01. The van der Waals surface area contributed by atoms with Crippen LogP contribution in [0.3, 0.4) is 0 Å². The molecular weight excluding hydrogens is 242 g/mol. The van der Waals surface area contributed by atoms with Crippen LogP contribution in [0, 0.1) is 18.3 Å². The van der Waals surface area contributed by atoms with Crippen molar-refractivity contribution in [2.75, 3.05) is 0 Å². The van der Waals surface area contributed by atoms with Crippen molar-refractivity contribution in [2.24, 2.45) is 0 Å². The maximum atomic E-state index is 9.25. The molecule has 0 aliphatic heterocycles. The van der Waals surface area contributed by atoms with Crippen LogP contribution in [0.2, 0.25) is 0 Å². The lowest BCUT2D eigenvalue weighted by molar-refractivity contribution is 0.911. The molecule has 0 spiro atoms. The van der Waals surface area contributed by atoms with Gasteiger partial charge in [0, 0.05) is 6.20 Å². The quantitative estimate of drug-likeness (QED) is 0.666. The lowest BCUT2D eigenvalue weighted by Gasteiger charge is -2.05. The Morgan fingerprint density at radius 1 is 1.44 bits per heavy atom. The molecule has 1 saturated carbocycles. The van der Waals surface area contributed by atoms with Gasteiger partial charge in [0.15, 0.2) is 4.96 Å². The van der Waals surface area contributed by atoms with Gasteiger partial charge in [-0.25, -0.2) is 4.98 Å².